The van der Waals surface area contributed by atoms with Gasteiger partial charge in [0.1, 0.15) is 0 Å². The number of carbonyl (C=O) groups is 1. The van der Waals surface area contributed by atoms with Gasteiger partial charge in [-0.1, -0.05) is 0 Å². The first kappa shape index (κ1) is 13.5. The summed E-state index contributed by atoms with van der Waals surface area (Å²) in [6.45, 7) is 2.43. The van der Waals surface area contributed by atoms with Gasteiger partial charge in [-0.25, -0.2) is 0 Å². The number of nitrogens with one attached hydrogen (secondary N) is 1. The molecule has 0 saturated heterocycles. The molecule has 2 aliphatic rings. The molecule has 0 atom stereocenters. The Hall–Kier alpha value is -2.21. The Morgan fingerprint density at radius 1 is 1.36 bits per heavy atom. The number of pyridine rings is 1. The zero-order valence-electron chi connectivity index (χ0n) is 12.6. The zero-order valence-corrected chi connectivity index (χ0v) is 12.6. The Kier molecular flexibility index (Phi) is 3.00. The summed E-state index contributed by atoms with van der Waals surface area (Å²) in [6.07, 6.45) is 7.30. The first-order valence-corrected chi connectivity index (χ1v) is 7.66. The van der Waals surface area contributed by atoms with Crippen LogP contribution in [0.1, 0.15) is 34.5 Å². The zero-order chi connectivity index (χ0) is 15.2. The van der Waals surface area contributed by atoms with Crippen LogP contribution in [0.15, 0.2) is 30.7 Å². The molecule has 2 aromatic heterocycles. The number of amides is 1. The molecule has 6 heteroatoms. The average molecular weight is 297 g/mol. The van der Waals surface area contributed by atoms with Gasteiger partial charge in [0.15, 0.2) is 0 Å². The smallest absolute Gasteiger partial charge is 0.257 e. The first-order chi connectivity index (χ1) is 10.7. The summed E-state index contributed by atoms with van der Waals surface area (Å²) in [5.41, 5.74) is 2.71. The second-order valence-electron chi connectivity index (χ2n) is 6.04. The molecular weight excluding hydrogens is 278 g/mol. The van der Waals surface area contributed by atoms with Crippen molar-refractivity contribution in [3.8, 4) is 0 Å². The molecule has 0 aromatic carbocycles. The van der Waals surface area contributed by atoms with Crippen molar-refractivity contribution >= 4 is 5.91 Å². The molecule has 3 heterocycles. The minimum absolute atomic E-state index is 0.0549. The number of carbonyl (C=O) groups excluding carboxylic acids is 1. The Labute approximate surface area is 129 Å². The van der Waals surface area contributed by atoms with Crippen molar-refractivity contribution in [2.24, 2.45) is 0 Å². The maximum atomic E-state index is 13.0. The Morgan fingerprint density at radius 3 is 2.86 bits per heavy atom. The van der Waals surface area contributed by atoms with Crippen LogP contribution >= 0.6 is 0 Å². The van der Waals surface area contributed by atoms with E-state index in [-0.39, 0.29) is 11.4 Å². The molecular formula is C16H19N5O. The molecule has 1 fully saturated rings. The molecule has 1 aliphatic heterocycles. The van der Waals surface area contributed by atoms with E-state index in [9.17, 15) is 4.79 Å². The standard InChI is InChI=1S/C16H19N5O/c1-20(16(4-5-16)12-2-6-17-7-3-12)15(22)13-10-19-21-9-8-18-11-14(13)21/h2-3,6-7,10,18H,4-5,8-9,11H2,1H3. The SMILES string of the molecule is CN(C(=O)c1cnn2c1CNCC2)C1(c2ccncc2)CC1. The Balaban J connectivity index is 1.65. The molecule has 0 bridgehead atoms. The van der Waals surface area contributed by atoms with Crippen LogP contribution in [0.25, 0.3) is 0 Å². The van der Waals surface area contributed by atoms with Crippen LogP contribution in [-0.2, 0) is 18.6 Å². The molecule has 0 unspecified atom stereocenters. The molecule has 22 heavy (non-hydrogen) atoms. The summed E-state index contributed by atoms with van der Waals surface area (Å²) >= 11 is 0. The Bertz CT molecular complexity index is 705. The molecule has 4 rings (SSSR count). The van der Waals surface area contributed by atoms with Crippen LogP contribution in [0.2, 0.25) is 0 Å². The van der Waals surface area contributed by atoms with Gasteiger partial charge in [0, 0.05) is 32.5 Å². The highest BCUT2D eigenvalue weighted by Gasteiger charge is 2.50. The van der Waals surface area contributed by atoms with Gasteiger partial charge in [-0.05, 0) is 30.5 Å². The van der Waals surface area contributed by atoms with Crippen LogP contribution in [-0.4, -0.2) is 39.2 Å². The lowest BCUT2D eigenvalue weighted by atomic mass is 10.0. The monoisotopic (exact) mass is 297 g/mol. The number of hydrogen-bond donors (Lipinski definition) is 1. The van der Waals surface area contributed by atoms with Gasteiger partial charge in [-0.3, -0.25) is 14.5 Å². The van der Waals surface area contributed by atoms with E-state index in [0.717, 1.165) is 42.8 Å². The third kappa shape index (κ3) is 1.94. The quantitative estimate of drug-likeness (QED) is 0.923. The maximum absolute atomic E-state index is 13.0. The highest BCUT2D eigenvalue weighted by atomic mass is 16.2. The molecule has 1 aliphatic carbocycles. The molecule has 0 radical (unpaired) electrons. The van der Waals surface area contributed by atoms with Crippen molar-refractivity contribution in [3.05, 3.63) is 47.5 Å². The van der Waals surface area contributed by atoms with Gasteiger partial charge in [0.2, 0.25) is 0 Å². The van der Waals surface area contributed by atoms with Crippen molar-refractivity contribution in [2.45, 2.75) is 31.5 Å². The fourth-order valence-electron chi connectivity index (χ4n) is 3.33. The van der Waals surface area contributed by atoms with Gasteiger partial charge >= 0.3 is 0 Å². The molecule has 0 spiro atoms. The fraction of sp³-hybridized carbons (Fsp3) is 0.438. The number of hydrogen-bond acceptors (Lipinski definition) is 4. The van der Waals surface area contributed by atoms with Crippen molar-refractivity contribution in [3.63, 3.8) is 0 Å². The van der Waals surface area contributed by atoms with E-state index in [0.29, 0.717) is 6.54 Å². The maximum Gasteiger partial charge on any atom is 0.257 e. The second kappa shape index (κ2) is 4.91. The summed E-state index contributed by atoms with van der Waals surface area (Å²) in [5, 5.41) is 7.66. The second-order valence-corrected chi connectivity index (χ2v) is 6.04. The minimum atomic E-state index is -0.170. The van der Waals surface area contributed by atoms with Crippen LogP contribution in [0, 0.1) is 0 Å². The van der Waals surface area contributed by atoms with E-state index in [1.807, 2.05) is 28.8 Å². The normalized spacial score (nSPS) is 18.6. The summed E-state index contributed by atoms with van der Waals surface area (Å²) in [4.78, 5) is 18.9. The number of nitrogens with zero attached hydrogens (tertiary/aromatic N) is 4. The van der Waals surface area contributed by atoms with Crippen LogP contribution in [0.3, 0.4) is 0 Å². The van der Waals surface area contributed by atoms with E-state index >= 15 is 0 Å². The van der Waals surface area contributed by atoms with Crippen LogP contribution in [0.4, 0.5) is 0 Å². The van der Waals surface area contributed by atoms with Crippen molar-refractivity contribution in [1.82, 2.24) is 25.0 Å². The summed E-state index contributed by atoms with van der Waals surface area (Å²) < 4.78 is 1.93. The largest absolute Gasteiger partial charge is 0.332 e. The lowest BCUT2D eigenvalue weighted by Gasteiger charge is -2.29. The highest BCUT2D eigenvalue weighted by Crippen LogP contribution is 2.50. The van der Waals surface area contributed by atoms with Gasteiger partial charge in [0.25, 0.3) is 5.91 Å². The number of rotatable bonds is 3. The van der Waals surface area contributed by atoms with Crippen LogP contribution in [0.5, 0.6) is 0 Å². The van der Waals surface area contributed by atoms with E-state index in [1.54, 1.807) is 18.6 Å². The first-order valence-electron chi connectivity index (χ1n) is 7.66. The van der Waals surface area contributed by atoms with Gasteiger partial charge in [-0.2, -0.15) is 5.10 Å². The average Bonchev–Trinajstić information content (AvgIpc) is 3.28. The van der Waals surface area contributed by atoms with E-state index in [1.165, 1.54) is 0 Å². The molecule has 6 nitrogen and oxygen atoms in total. The summed E-state index contributed by atoms with van der Waals surface area (Å²) in [6, 6.07) is 4.01. The minimum Gasteiger partial charge on any atom is -0.332 e. The van der Waals surface area contributed by atoms with E-state index in [4.69, 9.17) is 0 Å². The van der Waals surface area contributed by atoms with Crippen molar-refractivity contribution in [2.75, 3.05) is 13.6 Å². The molecule has 114 valence electrons. The van der Waals surface area contributed by atoms with Gasteiger partial charge < -0.3 is 10.2 Å². The van der Waals surface area contributed by atoms with Crippen LogP contribution < -0.4 is 5.32 Å². The van der Waals surface area contributed by atoms with E-state index in [2.05, 4.69) is 15.4 Å². The summed E-state index contributed by atoms with van der Waals surface area (Å²) in [5.74, 6) is 0.0549. The number of aromatic nitrogens is 3. The van der Waals surface area contributed by atoms with Gasteiger partial charge in [0.05, 0.1) is 29.5 Å². The van der Waals surface area contributed by atoms with E-state index < -0.39 is 0 Å². The predicted molar refractivity (Wildman–Crippen MR) is 81.2 cm³/mol. The molecule has 1 N–H and O–H groups in total. The predicted octanol–water partition coefficient (Wildman–Crippen LogP) is 1.14. The van der Waals surface area contributed by atoms with Gasteiger partial charge in [-0.15, -0.1) is 0 Å². The Morgan fingerprint density at radius 2 is 2.14 bits per heavy atom. The number of fused-ring (bicyclic) bond motifs is 1. The fourth-order valence-corrected chi connectivity index (χ4v) is 3.33. The van der Waals surface area contributed by atoms with Crippen molar-refractivity contribution in [1.29, 1.82) is 0 Å². The third-order valence-electron chi connectivity index (χ3n) is 4.86. The molecule has 2 aromatic rings. The summed E-state index contributed by atoms with van der Waals surface area (Å²) in [7, 11) is 1.90. The molecule has 1 amide bonds. The van der Waals surface area contributed by atoms with Crippen molar-refractivity contribution < 1.29 is 4.79 Å². The highest BCUT2D eigenvalue weighted by molar-refractivity contribution is 5.95. The lowest BCUT2D eigenvalue weighted by Crippen LogP contribution is -2.38. The lowest BCUT2D eigenvalue weighted by molar-refractivity contribution is 0.0703. The third-order valence-corrected chi connectivity index (χ3v) is 4.86. The molecule has 1 saturated carbocycles. The topological polar surface area (TPSA) is 63.1 Å².